The van der Waals surface area contributed by atoms with Gasteiger partial charge in [-0.25, -0.2) is 0 Å². The molecule has 0 radical (unpaired) electrons. The molecule has 1 aromatic heterocycles. The van der Waals surface area contributed by atoms with Gasteiger partial charge in [0.1, 0.15) is 11.3 Å². The summed E-state index contributed by atoms with van der Waals surface area (Å²) in [5, 5.41) is 1.06. The Bertz CT molecular complexity index is 555. The van der Waals surface area contributed by atoms with Crippen LogP contribution in [0.25, 0.3) is 11.0 Å². The maximum Gasteiger partial charge on any atom is 0.230 e. The second kappa shape index (κ2) is 6.29. The molecule has 0 bridgehead atoms. The molecule has 0 atom stereocenters. The molecule has 0 N–H and O–H groups in total. The fourth-order valence-electron chi connectivity index (χ4n) is 2.44. The monoisotopic (exact) mass is 294 g/mol. The van der Waals surface area contributed by atoms with Gasteiger partial charge < -0.3 is 14.2 Å². The van der Waals surface area contributed by atoms with Crippen molar-refractivity contribution in [3.05, 3.63) is 36.1 Å². The highest BCUT2D eigenvalue weighted by molar-refractivity contribution is 5.85. The van der Waals surface area contributed by atoms with Crippen LogP contribution in [0.3, 0.4) is 0 Å². The summed E-state index contributed by atoms with van der Waals surface area (Å²) in [5.74, 6) is 0.914. The van der Waals surface area contributed by atoms with Gasteiger partial charge in [-0.1, -0.05) is 18.2 Å². The minimum atomic E-state index is 0. The molecule has 0 spiro atoms. The van der Waals surface area contributed by atoms with Gasteiger partial charge in [0.15, 0.2) is 0 Å². The van der Waals surface area contributed by atoms with Crippen molar-refractivity contribution in [1.82, 2.24) is 9.80 Å². The number of halogens is 1. The fourth-order valence-corrected chi connectivity index (χ4v) is 2.44. The van der Waals surface area contributed by atoms with E-state index in [0.29, 0.717) is 6.42 Å². The van der Waals surface area contributed by atoms with Crippen molar-refractivity contribution in [2.75, 3.05) is 33.2 Å². The third-order valence-electron chi connectivity index (χ3n) is 3.66. The molecule has 2 heterocycles. The fraction of sp³-hybridized carbons (Fsp3) is 0.400. The molecular formula is C15H19ClN2O2. The highest BCUT2D eigenvalue weighted by atomic mass is 35.5. The Morgan fingerprint density at radius 2 is 1.90 bits per heavy atom. The van der Waals surface area contributed by atoms with E-state index in [1.54, 1.807) is 0 Å². The Kier molecular flexibility index (Phi) is 4.68. The van der Waals surface area contributed by atoms with Crippen LogP contribution in [0.1, 0.15) is 5.76 Å². The zero-order chi connectivity index (χ0) is 13.2. The van der Waals surface area contributed by atoms with E-state index in [1.807, 2.05) is 35.2 Å². The van der Waals surface area contributed by atoms with Crippen LogP contribution in [0.4, 0.5) is 0 Å². The molecule has 1 amide bonds. The zero-order valence-electron chi connectivity index (χ0n) is 11.5. The molecule has 3 rings (SSSR count). The minimum Gasteiger partial charge on any atom is -0.461 e. The van der Waals surface area contributed by atoms with Gasteiger partial charge in [-0.3, -0.25) is 4.79 Å². The Morgan fingerprint density at radius 3 is 2.60 bits per heavy atom. The molecule has 0 unspecified atom stereocenters. The summed E-state index contributed by atoms with van der Waals surface area (Å²) in [7, 11) is 2.08. The molecule has 1 fully saturated rings. The number of amides is 1. The average Bonchev–Trinajstić information content (AvgIpc) is 2.81. The molecule has 1 aromatic carbocycles. The lowest BCUT2D eigenvalue weighted by Gasteiger charge is -2.32. The lowest BCUT2D eigenvalue weighted by Crippen LogP contribution is -2.47. The standard InChI is InChI=1S/C15H18N2O2.ClH/c1-16-6-8-17(9-7-16)15(18)11-13-10-12-4-2-3-5-14(12)19-13;/h2-5,10H,6-9,11H2,1H3;1H. The van der Waals surface area contributed by atoms with E-state index < -0.39 is 0 Å². The van der Waals surface area contributed by atoms with Gasteiger partial charge in [0.2, 0.25) is 5.91 Å². The summed E-state index contributed by atoms with van der Waals surface area (Å²) >= 11 is 0. The molecule has 5 heteroatoms. The molecule has 108 valence electrons. The SMILES string of the molecule is CN1CCN(C(=O)Cc2cc3ccccc3o2)CC1.Cl. The maximum atomic E-state index is 12.2. The first-order valence-corrected chi connectivity index (χ1v) is 6.66. The van der Waals surface area contributed by atoms with Crippen LogP contribution in [0.5, 0.6) is 0 Å². The predicted octanol–water partition coefficient (Wildman–Crippen LogP) is 2.17. The topological polar surface area (TPSA) is 36.7 Å². The largest absolute Gasteiger partial charge is 0.461 e. The number of carbonyl (C=O) groups is 1. The average molecular weight is 295 g/mol. The third-order valence-corrected chi connectivity index (χ3v) is 3.66. The number of likely N-dealkylation sites (N-methyl/N-ethyl adjacent to an activating group) is 1. The number of benzene rings is 1. The van der Waals surface area contributed by atoms with Crippen molar-refractivity contribution in [3.8, 4) is 0 Å². The number of para-hydroxylation sites is 1. The molecule has 1 aliphatic rings. The highest BCUT2D eigenvalue weighted by Crippen LogP contribution is 2.19. The number of carbonyl (C=O) groups excluding carboxylic acids is 1. The first kappa shape index (κ1) is 14.9. The summed E-state index contributed by atoms with van der Waals surface area (Å²) in [6.07, 6.45) is 0.360. The molecule has 1 saturated heterocycles. The van der Waals surface area contributed by atoms with E-state index in [1.165, 1.54) is 0 Å². The quantitative estimate of drug-likeness (QED) is 0.852. The van der Waals surface area contributed by atoms with Crippen LogP contribution < -0.4 is 0 Å². The Labute approximate surface area is 124 Å². The lowest BCUT2D eigenvalue weighted by atomic mass is 10.2. The Morgan fingerprint density at radius 1 is 1.20 bits per heavy atom. The van der Waals surface area contributed by atoms with Crippen molar-refractivity contribution in [2.24, 2.45) is 0 Å². The van der Waals surface area contributed by atoms with Crippen molar-refractivity contribution >= 4 is 29.3 Å². The number of furan rings is 1. The van der Waals surface area contributed by atoms with E-state index in [9.17, 15) is 4.79 Å². The van der Waals surface area contributed by atoms with Gasteiger partial charge in [-0.15, -0.1) is 12.4 Å². The number of hydrogen-bond donors (Lipinski definition) is 0. The summed E-state index contributed by atoms with van der Waals surface area (Å²) in [5.41, 5.74) is 0.851. The van der Waals surface area contributed by atoms with E-state index >= 15 is 0 Å². The maximum absolute atomic E-state index is 12.2. The summed E-state index contributed by atoms with van der Waals surface area (Å²) in [6, 6.07) is 9.81. The van der Waals surface area contributed by atoms with E-state index in [2.05, 4.69) is 11.9 Å². The van der Waals surface area contributed by atoms with Gasteiger partial charge >= 0.3 is 0 Å². The summed E-state index contributed by atoms with van der Waals surface area (Å²) < 4.78 is 5.69. The van der Waals surface area contributed by atoms with Crippen molar-refractivity contribution in [3.63, 3.8) is 0 Å². The van der Waals surface area contributed by atoms with E-state index in [0.717, 1.165) is 42.9 Å². The van der Waals surface area contributed by atoms with Crippen LogP contribution in [-0.4, -0.2) is 48.9 Å². The molecule has 4 nitrogen and oxygen atoms in total. The molecule has 1 aliphatic heterocycles. The second-order valence-corrected chi connectivity index (χ2v) is 5.11. The summed E-state index contributed by atoms with van der Waals surface area (Å²) in [4.78, 5) is 16.4. The number of piperazine rings is 1. The van der Waals surface area contributed by atoms with Crippen LogP contribution in [0.15, 0.2) is 34.7 Å². The number of hydrogen-bond acceptors (Lipinski definition) is 3. The van der Waals surface area contributed by atoms with Gasteiger partial charge in [0.05, 0.1) is 6.42 Å². The highest BCUT2D eigenvalue weighted by Gasteiger charge is 2.20. The van der Waals surface area contributed by atoms with Crippen LogP contribution in [-0.2, 0) is 11.2 Å². The van der Waals surface area contributed by atoms with Gasteiger partial charge in [0, 0.05) is 31.6 Å². The zero-order valence-corrected chi connectivity index (χ0v) is 12.4. The van der Waals surface area contributed by atoms with Crippen LogP contribution in [0, 0.1) is 0 Å². The predicted molar refractivity (Wildman–Crippen MR) is 81.2 cm³/mol. The van der Waals surface area contributed by atoms with E-state index in [-0.39, 0.29) is 18.3 Å². The van der Waals surface area contributed by atoms with E-state index in [4.69, 9.17) is 4.42 Å². The van der Waals surface area contributed by atoms with Gasteiger partial charge in [0.25, 0.3) is 0 Å². The molecule has 0 saturated carbocycles. The number of nitrogens with zero attached hydrogens (tertiary/aromatic N) is 2. The Hall–Kier alpha value is -1.52. The molecule has 2 aromatic rings. The smallest absolute Gasteiger partial charge is 0.230 e. The normalized spacial score (nSPS) is 16.1. The molecule has 0 aliphatic carbocycles. The van der Waals surface area contributed by atoms with Crippen LogP contribution >= 0.6 is 12.4 Å². The second-order valence-electron chi connectivity index (χ2n) is 5.11. The van der Waals surface area contributed by atoms with Crippen LogP contribution in [0.2, 0.25) is 0 Å². The Balaban J connectivity index is 0.00000147. The molecular weight excluding hydrogens is 276 g/mol. The third kappa shape index (κ3) is 3.14. The number of fused-ring (bicyclic) bond motifs is 1. The molecule has 20 heavy (non-hydrogen) atoms. The first-order valence-electron chi connectivity index (χ1n) is 6.66. The van der Waals surface area contributed by atoms with Crippen molar-refractivity contribution in [1.29, 1.82) is 0 Å². The summed E-state index contributed by atoms with van der Waals surface area (Å²) in [6.45, 7) is 3.53. The van der Waals surface area contributed by atoms with Gasteiger partial charge in [-0.2, -0.15) is 0 Å². The van der Waals surface area contributed by atoms with Crippen molar-refractivity contribution in [2.45, 2.75) is 6.42 Å². The van der Waals surface area contributed by atoms with Crippen molar-refractivity contribution < 1.29 is 9.21 Å². The minimum absolute atomic E-state index is 0. The number of rotatable bonds is 2. The van der Waals surface area contributed by atoms with Gasteiger partial charge in [-0.05, 0) is 19.2 Å². The first-order chi connectivity index (χ1) is 9.22. The lowest BCUT2D eigenvalue weighted by molar-refractivity contribution is -0.132.